The number of benzene rings is 3. The summed E-state index contributed by atoms with van der Waals surface area (Å²) in [4.78, 5) is 12.8. The van der Waals surface area contributed by atoms with Gasteiger partial charge in [-0.05, 0) is 48.9 Å². The standard InChI is InChI=1S/C21H18Cl2N2O3S/c1-15-7-5-8-16(13-15)25(29(27,28)17-9-3-2-4-10-17)14-20(26)24-19-12-6-11-18(22)21(19)23/h2-13H,14H2,1H3,(H,24,26). The molecule has 0 atom stereocenters. The lowest BCUT2D eigenvalue weighted by Crippen LogP contribution is -2.38. The zero-order valence-corrected chi connectivity index (χ0v) is 17.8. The second kappa shape index (κ2) is 8.86. The molecule has 0 aliphatic carbocycles. The number of aryl methyl sites for hydroxylation is 1. The van der Waals surface area contributed by atoms with Gasteiger partial charge in [0, 0.05) is 0 Å². The van der Waals surface area contributed by atoms with E-state index in [9.17, 15) is 13.2 Å². The van der Waals surface area contributed by atoms with Crippen LogP contribution in [0.1, 0.15) is 5.56 Å². The van der Waals surface area contributed by atoms with Gasteiger partial charge >= 0.3 is 0 Å². The summed E-state index contributed by atoms with van der Waals surface area (Å²) in [6.07, 6.45) is 0. The van der Waals surface area contributed by atoms with Gasteiger partial charge < -0.3 is 5.32 Å². The van der Waals surface area contributed by atoms with E-state index in [-0.39, 0.29) is 14.9 Å². The van der Waals surface area contributed by atoms with Gasteiger partial charge in [0.25, 0.3) is 10.0 Å². The molecule has 0 unspecified atom stereocenters. The molecule has 1 N–H and O–H groups in total. The highest BCUT2D eigenvalue weighted by atomic mass is 35.5. The molecule has 0 aliphatic rings. The second-order valence-electron chi connectivity index (χ2n) is 6.31. The third-order valence-electron chi connectivity index (χ3n) is 4.13. The SMILES string of the molecule is Cc1cccc(N(CC(=O)Nc2cccc(Cl)c2Cl)S(=O)(=O)c2ccccc2)c1. The molecule has 0 aromatic heterocycles. The van der Waals surface area contributed by atoms with Crippen LogP contribution in [0.3, 0.4) is 0 Å². The van der Waals surface area contributed by atoms with E-state index in [4.69, 9.17) is 23.2 Å². The zero-order valence-electron chi connectivity index (χ0n) is 15.5. The Labute approximate surface area is 179 Å². The van der Waals surface area contributed by atoms with Crippen LogP contribution in [0.5, 0.6) is 0 Å². The first-order chi connectivity index (χ1) is 13.8. The first-order valence-electron chi connectivity index (χ1n) is 8.67. The average Bonchev–Trinajstić information content (AvgIpc) is 2.70. The van der Waals surface area contributed by atoms with Gasteiger partial charge in [0.05, 0.1) is 26.3 Å². The topological polar surface area (TPSA) is 66.5 Å². The normalized spacial score (nSPS) is 11.1. The lowest BCUT2D eigenvalue weighted by molar-refractivity contribution is -0.114. The Morgan fingerprint density at radius 3 is 2.34 bits per heavy atom. The van der Waals surface area contributed by atoms with Gasteiger partial charge in [0.15, 0.2) is 0 Å². The fourth-order valence-corrected chi connectivity index (χ4v) is 4.52. The Morgan fingerprint density at radius 2 is 1.66 bits per heavy atom. The molecule has 0 aliphatic heterocycles. The minimum absolute atomic E-state index is 0.0927. The third-order valence-corrected chi connectivity index (χ3v) is 6.74. The summed E-state index contributed by atoms with van der Waals surface area (Å²) in [5.41, 5.74) is 1.57. The maximum atomic E-state index is 13.3. The van der Waals surface area contributed by atoms with Crippen molar-refractivity contribution < 1.29 is 13.2 Å². The summed E-state index contributed by atoms with van der Waals surface area (Å²) in [6, 6.07) is 19.7. The van der Waals surface area contributed by atoms with Crippen LogP contribution in [-0.4, -0.2) is 20.9 Å². The van der Waals surface area contributed by atoms with Crippen LogP contribution < -0.4 is 9.62 Å². The van der Waals surface area contributed by atoms with Crippen molar-refractivity contribution >= 4 is 50.5 Å². The molecule has 0 spiro atoms. The second-order valence-corrected chi connectivity index (χ2v) is 8.96. The van der Waals surface area contributed by atoms with Crippen LogP contribution in [0, 0.1) is 6.92 Å². The largest absolute Gasteiger partial charge is 0.323 e. The van der Waals surface area contributed by atoms with Gasteiger partial charge in [0.1, 0.15) is 6.54 Å². The summed E-state index contributed by atoms with van der Waals surface area (Å²) in [7, 11) is -3.96. The molecule has 0 fully saturated rings. The van der Waals surface area contributed by atoms with Crippen molar-refractivity contribution in [1.29, 1.82) is 0 Å². The van der Waals surface area contributed by atoms with Gasteiger partial charge in [-0.25, -0.2) is 8.42 Å². The Morgan fingerprint density at radius 1 is 0.966 bits per heavy atom. The number of rotatable bonds is 6. The van der Waals surface area contributed by atoms with E-state index in [0.717, 1.165) is 9.87 Å². The lowest BCUT2D eigenvalue weighted by Gasteiger charge is -2.24. The molecule has 3 aromatic rings. The molecule has 150 valence electrons. The van der Waals surface area contributed by atoms with Crippen molar-refractivity contribution in [3.05, 3.63) is 88.4 Å². The predicted octanol–water partition coefficient (Wildman–Crippen LogP) is 5.14. The Balaban J connectivity index is 1.96. The number of anilines is 2. The van der Waals surface area contributed by atoms with Crippen molar-refractivity contribution in [1.82, 2.24) is 0 Å². The number of halogens is 2. The van der Waals surface area contributed by atoms with Gasteiger partial charge in [-0.3, -0.25) is 9.10 Å². The van der Waals surface area contributed by atoms with Crippen LogP contribution in [-0.2, 0) is 14.8 Å². The van der Waals surface area contributed by atoms with E-state index < -0.39 is 22.5 Å². The van der Waals surface area contributed by atoms with Gasteiger partial charge in [-0.2, -0.15) is 0 Å². The maximum Gasteiger partial charge on any atom is 0.264 e. The molecule has 0 saturated carbocycles. The molecular weight excluding hydrogens is 431 g/mol. The number of carbonyl (C=O) groups is 1. The molecule has 8 heteroatoms. The maximum absolute atomic E-state index is 13.3. The van der Waals surface area contributed by atoms with E-state index in [1.165, 1.54) is 12.1 Å². The Hall–Kier alpha value is -2.54. The molecule has 3 rings (SSSR count). The smallest absolute Gasteiger partial charge is 0.264 e. The van der Waals surface area contributed by atoms with Crippen molar-refractivity contribution in [3.8, 4) is 0 Å². The zero-order chi connectivity index (χ0) is 21.0. The monoisotopic (exact) mass is 448 g/mol. The summed E-state index contributed by atoms with van der Waals surface area (Å²) >= 11 is 12.1. The molecule has 1 amide bonds. The minimum Gasteiger partial charge on any atom is -0.323 e. The van der Waals surface area contributed by atoms with E-state index in [2.05, 4.69) is 5.32 Å². The summed E-state index contributed by atoms with van der Waals surface area (Å²) in [5, 5.41) is 3.11. The van der Waals surface area contributed by atoms with E-state index in [1.807, 2.05) is 13.0 Å². The van der Waals surface area contributed by atoms with Crippen LogP contribution in [0.4, 0.5) is 11.4 Å². The fraction of sp³-hybridized carbons (Fsp3) is 0.0952. The summed E-state index contributed by atoms with van der Waals surface area (Å²) in [5.74, 6) is -0.546. The molecule has 0 heterocycles. The summed E-state index contributed by atoms with van der Waals surface area (Å²) in [6.45, 7) is 1.42. The van der Waals surface area contributed by atoms with Gasteiger partial charge in [0.2, 0.25) is 5.91 Å². The number of sulfonamides is 1. The van der Waals surface area contributed by atoms with Crippen LogP contribution in [0.2, 0.25) is 10.0 Å². The Bertz CT molecular complexity index is 1140. The fourth-order valence-electron chi connectivity index (χ4n) is 2.74. The highest BCUT2D eigenvalue weighted by molar-refractivity contribution is 7.92. The minimum atomic E-state index is -3.96. The first kappa shape index (κ1) is 21.2. The van der Waals surface area contributed by atoms with Crippen molar-refractivity contribution in [2.45, 2.75) is 11.8 Å². The number of nitrogens with one attached hydrogen (secondary N) is 1. The molecule has 0 bridgehead atoms. The predicted molar refractivity (Wildman–Crippen MR) is 117 cm³/mol. The van der Waals surface area contributed by atoms with Crippen LogP contribution >= 0.6 is 23.2 Å². The number of amides is 1. The van der Waals surface area contributed by atoms with Crippen molar-refractivity contribution in [2.24, 2.45) is 0 Å². The number of hydrogen-bond acceptors (Lipinski definition) is 3. The van der Waals surface area contributed by atoms with Gasteiger partial charge in [-0.15, -0.1) is 0 Å². The first-order valence-corrected chi connectivity index (χ1v) is 10.9. The van der Waals surface area contributed by atoms with E-state index >= 15 is 0 Å². The highest BCUT2D eigenvalue weighted by Crippen LogP contribution is 2.30. The summed E-state index contributed by atoms with van der Waals surface area (Å²) < 4.78 is 27.6. The van der Waals surface area contributed by atoms with E-state index in [0.29, 0.717) is 11.4 Å². The van der Waals surface area contributed by atoms with Gasteiger partial charge in [-0.1, -0.05) is 59.6 Å². The van der Waals surface area contributed by atoms with Crippen molar-refractivity contribution in [2.75, 3.05) is 16.2 Å². The van der Waals surface area contributed by atoms with Crippen molar-refractivity contribution in [3.63, 3.8) is 0 Å². The number of hydrogen-bond donors (Lipinski definition) is 1. The highest BCUT2D eigenvalue weighted by Gasteiger charge is 2.27. The molecule has 3 aromatic carbocycles. The quantitative estimate of drug-likeness (QED) is 0.567. The van der Waals surface area contributed by atoms with E-state index in [1.54, 1.807) is 54.6 Å². The van der Waals surface area contributed by atoms with Crippen LogP contribution in [0.25, 0.3) is 0 Å². The average molecular weight is 449 g/mol. The number of carbonyl (C=O) groups excluding carboxylic acids is 1. The van der Waals surface area contributed by atoms with Crippen LogP contribution in [0.15, 0.2) is 77.7 Å². The molecule has 5 nitrogen and oxygen atoms in total. The molecule has 29 heavy (non-hydrogen) atoms. The lowest BCUT2D eigenvalue weighted by atomic mass is 10.2. The molecule has 0 radical (unpaired) electrons. The third kappa shape index (κ3) is 4.90. The Kier molecular flexibility index (Phi) is 6.47. The molecule has 0 saturated heterocycles. The number of nitrogens with zero attached hydrogens (tertiary/aromatic N) is 1. The molecular formula is C21H18Cl2N2O3S.